The van der Waals surface area contributed by atoms with Crippen LogP contribution in [0.5, 0.6) is 0 Å². The van der Waals surface area contributed by atoms with E-state index in [2.05, 4.69) is 20.7 Å². The molecule has 17 heavy (non-hydrogen) atoms. The van der Waals surface area contributed by atoms with Gasteiger partial charge in [-0.25, -0.2) is 5.84 Å². The van der Waals surface area contributed by atoms with Crippen LogP contribution in [-0.2, 0) is 6.54 Å². The molecule has 86 valence electrons. The maximum atomic E-state index is 5.26. The third-order valence-electron chi connectivity index (χ3n) is 2.43. The first-order valence-corrected chi connectivity index (χ1v) is 5.88. The Hall–Kier alpha value is -1.99. The third kappa shape index (κ3) is 1.85. The zero-order valence-corrected chi connectivity index (χ0v) is 9.68. The Kier molecular flexibility index (Phi) is 2.46. The van der Waals surface area contributed by atoms with E-state index in [-0.39, 0.29) is 0 Å². The van der Waals surface area contributed by atoms with Gasteiger partial charge in [0, 0.05) is 5.39 Å². The summed E-state index contributed by atoms with van der Waals surface area (Å²) in [7, 11) is 0. The molecule has 0 radical (unpaired) electrons. The van der Waals surface area contributed by atoms with Gasteiger partial charge in [0.05, 0.1) is 18.3 Å². The van der Waals surface area contributed by atoms with Crippen molar-refractivity contribution in [2.75, 3.05) is 5.43 Å². The molecule has 6 nitrogen and oxygen atoms in total. The Morgan fingerprint density at radius 2 is 2.18 bits per heavy atom. The number of aromatic nitrogens is 4. The van der Waals surface area contributed by atoms with E-state index in [1.807, 2.05) is 35.1 Å². The topological polar surface area (TPSA) is 81.6 Å². The smallest absolute Gasteiger partial charge is 0.219 e. The fourth-order valence-corrected chi connectivity index (χ4v) is 2.29. The van der Waals surface area contributed by atoms with E-state index in [0.717, 1.165) is 15.9 Å². The molecule has 2 aromatic heterocycles. The van der Waals surface area contributed by atoms with E-state index in [9.17, 15) is 0 Å². The maximum absolute atomic E-state index is 5.26. The molecule has 0 unspecified atom stereocenters. The number of benzene rings is 1. The Labute approximate surface area is 101 Å². The minimum Gasteiger partial charge on any atom is -0.298 e. The number of hydrogen-bond acceptors (Lipinski definition) is 6. The molecule has 0 aliphatic carbocycles. The van der Waals surface area contributed by atoms with Gasteiger partial charge >= 0.3 is 0 Å². The second-order valence-electron chi connectivity index (χ2n) is 3.51. The molecule has 3 N–H and O–H groups in total. The summed E-state index contributed by atoms with van der Waals surface area (Å²) < 4.78 is 1.90. The normalized spacial score (nSPS) is 10.9. The number of hydrogen-bond donors (Lipinski definition) is 2. The Balaban J connectivity index is 1.94. The fraction of sp³-hybridized carbons (Fsp3) is 0.100. The van der Waals surface area contributed by atoms with E-state index in [1.165, 1.54) is 11.3 Å². The zero-order chi connectivity index (χ0) is 11.7. The van der Waals surface area contributed by atoms with Gasteiger partial charge in [0.15, 0.2) is 0 Å². The largest absolute Gasteiger partial charge is 0.298 e. The standard InChI is InChI=1S/C10H10N6S/c11-13-10-15-14-9(17-10)6-16-8-4-2-1-3-7(8)5-12-16/h1-5H,6,11H2,(H,13,15). The lowest BCUT2D eigenvalue weighted by Crippen LogP contribution is -2.05. The highest BCUT2D eigenvalue weighted by Gasteiger charge is 2.06. The summed E-state index contributed by atoms with van der Waals surface area (Å²) in [5, 5.41) is 14.8. The lowest BCUT2D eigenvalue weighted by Gasteiger charge is -1.99. The van der Waals surface area contributed by atoms with Crippen LogP contribution in [0.2, 0.25) is 0 Å². The SMILES string of the molecule is NNc1nnc(Cn2ncc3ccccc32)s1. The molecule has 0 fully saturated rings. The molecule has 0 amide bonds. The van der Waals surface area contributed by atoms with Crippen LogP contribution in [0.25, 0.3) is 10.9 Å². The van der Waals surface area contributed by atoms with Crippen molar-refractivity contribution in [2.45, 2.75) is 6.54 Å². The van der Waals surface area contributed by atoms with Crippen LogP contribution in [0.3, 0.4) is 0 Å². The van der Waals surface area contributed by atoms with Gasteiger partial charge in [-0.15, -0.1) is 10.2 Å². The van der Waals surface area contributed by atoms with Gasteiger partial charge in [-0.3, -0.25) is 10.1 Å². The van der Waals surface area contributed by atoms with Crippen LogP contribution in [0.1, 0.15) is 5.01 Å². The molecule has 0 saturated heterocycles. The first-order chi connectivity index (χ1) is 8.36. The first-order valence-electron chi connectivity index (χ1n) is 5.06. The number of para-hydroxylation sites is 1. The van der Waals surface area contributed by atoms with Crippen molar-refractivity contribution in [3.63, 3.8) is 0 Å². The van der Waals surface area contributed by atoms with Gasteiger partial charge in [0.2, 0.25) is 5.13 Å². The Morgan fingerprint density at radius 1 is 1.29 bits per heavy atom. The minimum atomic E-state index is 0.604. The van der Waals surface area contributed by atoms with Gasteiger partial charge in [0.25, 0.3) is 0 Å². The molecule has 1 aromatic carbocycles. The van der Waals surface area contributed by atoms with Crippen LogP contribution in [-0.4, -0.2) is 20.0 Å². The monoisotopic (exact) mass is 246 g/mol. The van der Waals surface area contributed by atoms with E-state index < -0.39 is 0 Å². The van der Waals surface area contributed by atoms with Crippen LogP contribution < -0.4 is 11.3 Å². The average Bonchev–Trinajstić information content (AvgIpc) is 2.97. The average molecular weight is 246 g/mol. The maximum Gasteiger partial charge on any atom is 0.219 e. The quantitative estimate of drug-likeness (QED) is 0.536. The molecule has 0 atom stereocenters. The highest BCUT2D eigenvalue weighted by Crippen LogP contribution is 2.18. The number of fused-ring (bicyclic) bond motifs is 1. The summed E-state index contributed by atoms with van der Waals surface area (Å²) in [5.41, 5.74) is 3.57. The summed E-state index contributed by atoms with van der Waals surface area (Å²) in [6.45, 7) is 0.604. The minimum absolute atomic E-state index is 0.604. The van der Waals surface area contributed by atoms with Crippen molar-refractivity contribution in [3.8, 4) is 0 Å². The third-order valence-corrected chi connectivity index (χ3v) is 3.27. The van der Waals surface area contributed by atoms with Gasteiger partial charge < -0.3 is 0 Å². The molecular formula is C10H10N6S. The highest BCUT2D eigenvalue weighted by molar-refractivity contribution is 7.15. The Morgan fingerprint density at radius 3 is 3.00 bits per heavy atom. The Bertz CT molecular complexity index is 643. The number of nitrogen functional groups attached to an aromatic ring is 1. The molecule has 0 spiro atoms. The lowest BCUT2D eigenvalue weighted by molar-refractivity contribution is 0.701. The number of nitrogens with two attached hydrogens (primary N) is 1. The molecular weight excluding hydrogens is 236 g/mol. The molecule has 0 aliphatic heterocycles. The van der Waals surface area contributed by atoms with Gasteiger partial charge in [-0.1, -0.05) is 29.5 Å². The van der Waals surface area contributed by atoms with Crippen LogP contribution in [0.4, 0.5) is 5.13 Å². The van der Waals surface area contributed by atoms with Crippen LogP contribution >= 0.6 is 11.3 Å². The van der Waals surface area contributed by atoms with Crippen molar-refractivity contribution < 1.29 is 0 Å². The molecule has 3 rings (SSSR count). The number of rotatable bonds is 3. The summed E-state index contributed by atoms with van der Waals surface area (Å²) in [6, 6.07) is 8.06. The van der Waals surface area contributed by atoms with Crippen molar-refractivity contribution in [2.24, 2.45) is 5.84 Å². The predicted octanol–water partition coefficient (Wildman–Crippen LogP) is 1.22. The van der Waals surface area contributed by atoms with Crippen molar-refractivity contribution in [1.29, 1.82) is 0 Å². The van der Waals surface area contributed by atoms with Crippen LogP contribution in [0, 0.1) is 0 Å². The number of anilines is 1. The fourth-order valence-electron chi connectivity index (χ4n) is 1.66. The van der Waals surface area contributed by atoms with Crippen molar-refractivity contribution in [1.82, 2.24) is 20.0 Å². The molecule has 0 aliphatic rings. The van der Waals surface area contributed by atoms with Gasteiger partial charge in [-0.2, -0.15) is 5.10 Å². The predicted molar refractivity (Wildman–Crippen MR) is 66.6 cm³/mol. The van der Waals surface area contributed by atoms with E-state index >= 15 is 0 Å². The summed E-state index contributed by atoms with van der Waals surface area (Å²) in [5.74, 6) is 5.26. The highest BCUT2D eigenvalue weighted by atomic mass is 32.1. The van der Waals surface area contributed by atoms with Gasteiger partial charge in [0.1, 0.15) is 5.01 Å². The number of nitrogens with zero attached hydrogens (tertiary/aromatic N) is 4. The zero-order valence-electron chi connectivity index (χ0n) is 8.87. The van der Waals surface area contributed by atoms with Crippen LogP contribution in [0.15, 0.2) is 30.5 Å². The summed E-state index contributed by atoms with van der Waals surface area (Å²) in [4.78, 5) is 0. The molecule has 0 bridgehead atoms. The molecule has 0 saturated carbocycles. The van der Waals surface area contributed by atoms with Gasteiger partial charge in [-0.05, 0) is 6.07 Å². The summed E-state index contributed by atoms with van der Waals surface area (Å²) >= 11 is 1.42. The molecule has 7 heteroatoms. The van der Waals surface area contributed by atoms with Crippen molar-refractivity contribution in [3.05, 3.63) is 35.5 Å². The summed E-state index contributed by atoms with van der Waals surface area (Å²) in [6.07, 6.45) is 1.85. The second-order valence-corrected chi connectivity index (χ2v) is 4.57. The lowest BCUT2D eigenvalue weighted by atomic mass is 10.3. The van der Waals surface area contributed by atoms with E-state index in [0.29, 0.717) is 11.7 Å². The second kappa shape index (κ2) is 4.11. The number of hydrazine groups is 1. The number of nitrogens with one attached hydrogen (secondary N) is 1. The molecule has 3 aromatic rings. The van der Waals surface area contributed by atoms with Crippen molar-refractivity contribution >= 4 is 27.4 Å². The van der Waals surface area contributed by atoms with E-state index in [4.69, 9.17) is 5.84 Å². The van der Waals surface area contributed by atoms with E-state index in [1.54, 1.807) is 0 Å². The first kappa shape index (κ1) is 10.2. The molecule has 2 heterocycles.